The fraction of sp³-hybridized carbons (Fsp3) is 0.455. The average Bonchev–Trinajstić information content (AvgIpc) is 3.32. The number of thiazole rings is 1. The van der Waals surface area contributed by atoms with Gasteiger partial charge in [-0.25, -0.2) is 4.98 Å². The Balaban J connectivity index is 1.64. The van der Waals surface area contributed by atoms with E-state index in [1.54, 1.807) is 0 Å². The van der Waals surface area contributed by atoms with E-state index in [2.05, 4.69) is 34.8 Å². The molecule has 3 N–H and O–H groups in total. The molecule has 10 heteroatoms. The topological polar surface area (TPSA) is 66.0 Å². The van der Waals surface area contributed by atoms with Crippen LogP contribution in [0.15, 0.2) is 18.2 Å². The number of amides is 1. The van der Waals surface area contributed by atoms with Gasteiger partial charge in [-0.05, 0) is 50.1 Å². The second-order valence-electron chi connectivity index (χ2n) is 7.90. The Hall–Kier alpha value is -2.01. The van der Waals surface area contributed by atoms with Crippen molar-refractivity contribution >= 4 is 43.8 Å². The third-order valence-electron chi connectivity index (χ3n) is 5.57. The van der Waals surface area contributed by atoms with Crippen LogP contribution in [0.25, 0.3) is 20.8 Å². The van der Waals surface area contributed by atoms with Gasteiger partial charge < -0.3 is 16.0 Å². The van der Waals surface area contributed by atoms with Gasteiger partial charge in [-0.2, -0.15) is 13.2 Å². The molecule has 0 saturated carbocycles. The van der Waals surface area contributed by atoms with E-state index >= 15 is 0 Å². The summed E-state index contributed by atoms with van der Waals surface area (Å²) in [5, 5.41) is 11.1. The van der Waals surface area contributed by atoms with Crippen LogP contribution < -0.4 is 16.0 Å². The van der Waals surface area contributed by atoms with Crippen LogP contribution in [0.2, 0.25) is 0 Å². The molecule has 2 aromatic heterocycles. The highest BCUT2D eigenvalue weighted by molar-refractivity contribution is 7.22. The number of nitrogens with zero attached hydrogens (tertiary/aromatic N) is 1. The van der Waals surface area contributed by atoms with Crippen LogP contribution in [0.5, 0.6) is 0 Å². The molecule has 5 nitrogen and oxygen atoms in total. The summed E-state index contributed by atoms with van der Waals surface area (Å²) in [5.41, 5.74) is 1.59. The highest BCUT2D eigenvalue weighted by Gasteiger charge is 2.31. The van der Waals surface area contributed by atoms with Crippen molar-refractivity contribution in [1.29, 1.82) is 0 Å². The molecule has 1 aliphatic rings. The van der Waals surface area contributed by atoms with Gasteiger partial charge in [0.15, 0.2) is 0 Å². The first-order valence-electron chi connectivity index (χ1n) is 10.6. The number of carbonyl (C=O) groups is 1. The van der Waals surface area contributed by atoms with Gasteiger partial charge in [0.2, 0.25) is 5.91 Å². The zero-order valence-electron chi connectivity index (χ0n) is 17.9. The Bertz CT molecular complexity index is 1120. The number of alkyl halides is 3. The number of thiophene rings is 1. The molecule has 1 aromatic carbocycles. The zero-order valence-corrected chi connectivity index (χ0v) is 19.5. The summed E-state index contributed by atoms with van der Waals surface area (Å²) in [6.07, 6.45) is -2.28. The van der Waals surface area contributed by atoms with Crippen LogP contribution in [-0.4, -0.2) is 30.0 Å². The lowest BCUT2D eigenvalue weighted by Crippen LogP contribution is -2.28. The van der Waals surface area contributed by atoms with Gasteiger partial charge in [-0.15, -0.1) is 22.7 Å². The van der Waals surface area contributed by atoms with E-state index in [-0.39, 0.29) is 5.91 Å². The Morgan fingerprint density at radius 1 is 1.31 bits per heavy atom. The SMILES string of the molecule is CC[C@@H](C)NCCC(=O)Nc1sc2c(c1-c1nc3cc(C(F)(F)F)ccc3s1)CCNC2. The van der Waals surface area contributed by atoms with Gasteiger partial charge in [0.1, 0.15) is 10.0 Å². The van der Waals surface area contributed by atoms with Crippen molar-refractivity contribution in [3.8, 4) is 10.6 Å². The van der Waals surface area contributed by atoms with E-state index in [1.807, 2.05) is 0 Å². The zero-order chi connectivity index (χ0) is 22.9. The second kappa shape index (κ2) is 9.46. The third kappa shape index (κ3) is 4.98. The maximum atomic E-state index is 13.1. The summed E-state index contributed by atoms with van der Waals surface area (Å²) in [4.78, 5) is 18.3. The molecule has 3 aromatic rings. The maximum Gasteiger partial charge on any atom is 0.416 e. The predicted octanol–water partition coefficient (Wildman–Crippen LogP) is 5.41. The Labute approximate surface area is 192 Å². The number of halogens is 3. The van der Waals surface area contributed by atoms with E-state index in [9.17, 15) is 18.0 Å². The van der Waals surface area contributed by atoms with Crippen molar-refractivity contribution < 1.29 is 18.0 Å². The molecule has 0 spiro atoms. The lowest BCUT2D eigenvalue weighted by molar-refractivity contribution is -0.137. The van der Waals surface area contributed by atoms with Crippen molar-refractivity contribution in [2.75, 3.05) is 18.4 Å². The largest absolute Gasteiger partial charge is 0.416 e. The summed E-state index contributed by atoms with van der Waals surface area (Å²) in [7, 11) is 0. The van der Waals surface area contributed by atoms with E-state index in [1.165, 1.54) is 28.7 Å². The number of aromatic nitrogens is 1. The molecule has 0 saturated heterocycles. The summed E-state index contributed by atoms with van der Waals surface area (Å²) in [6.45, 7) is 6.27. The van der Waals surface area contributed by atoms with E-state index in [4.69, 9.17) is 0 Å². The van der Waals surface area contributed by atoms with E-state index in [0.717, 1.165) is 52.5 Å². The number of nitrogens with one attached hydrogen (secondary N) is 3. The highest BCUT2D eigenvalue weighted by Crippen LogP contribution is 2.45. The molecule has 0 bridgehead atoms. The van der Waals surface area contributed by atoms with Gasteiger partial charge in [-0.1, -0.05) is 6.92 Å². The van der Waals surface area contributed by atoms with Crippen molar-refractivity contribution in [1.82, 2.24) is 15.6 Å². The summed E-state index contributed by atoms with van der Waals surface area (Å²) >= 11 is 2.88. The van der Waals surface area contributed by atoms with Crippen LogP contribution in [0, 0.1) is 0 Å². The molecule has 172 valence electrons. The summed E-state index contributed by atoms with van der Waals surface area (Å²) in [5.74, 6) is -0.0888. The van der Waals surface area contributed by atoms with Gasteiger partial charge >= 0.3 is 6.18 Å². The fourth-order valence-corrected chi connectivity index (χ4v) is 5.95. The molecule has 32 heavy (non-hydrogen) atoms. The number of anilines is 1. The number of hydrogen-bond donors (Lipinski definition) is 3. The Kier molecular flexibility index (Phi) is 6.85. The number of fused-ring (bicyclic) bond motifs is 2. The molecule has 0 radical (unpaired) electrons. The van der Waals surface area contributed by atoms with Gasteiger partial charge in [0.25, 0.3) is 0 Å². The minimum atomic E-state index is -4.41. The van der Waals surface area contributed by atoms with Crippen molar-refractivity contribution in [2.45, 2.75) is 51.9 Å². The van der Waals surface area contributed by atoms with E-state index < -0.39 is 11.7 Å². The van der Waals surface area contributed by atoms with Crippen LogP contribution in [-0.2, 0) is 23.9 Å². The molecule has 0 unspecified atom stereocenters. The Morgan fingerprint density at radius 2 is 2.12 bits per heavy atom. The molecule has 4 rings (SSSR count). The molecule has 0 aliphatic carbocycles. The number of hydrogen-bond acceptors (Lipinski definition) is 6. The standard InChI is InChI=1S/C22H25F3N4OS2/c1-3-12(2)27-9-7-18(30)29-21-19(14-6-8-26-11-17(14)32-21)20-28-15-10-13(22(23,24)25)4-5-16(15)31-20/h4-5,10,12,26-27H,3,6-9,11H2,1-2H3,(H,29,30)/t12-/m1/s1. The fourth-order valence-electron chi connectivity index (χ4n) is 3.63. The number of benzene rings is 1. The molecule has 3 heterocycles. The molecule has 1 aliphatic heterocycles. The summed E-state index contributed by atoms with van der Waals surface area (Å²) in [6, 6.07) is 4.00. The third-order valence-corrected chi connectivity index (χ3v) is 7.77. The molecule has 1 amide bonds. The van der Waals surface area contributed by atoms with E-state index in [0.29, 0.717) is 40.8 Å². The minimum Gasteiger partial charge on any atom is -0.317 e. The second-order valence-corrected chi connectivity index (χ2v) is 10.0. The molecule has 0 fully saturated rings. The van der Waals surface area contributed by atoms with Gasteiger partial charge in [-0.3, -0.25) is 4.79 Å². The molecular formula is C22H25F3N4OS2. The van der Waals surface area contributed by atoms with Crippen LogP contribution in [0.1, 0.15) is 42.7 Å². The highest BCUT2D eigenvalue weighted by atomic mass is 32.1. The molecule has 1 atom stereocenters. The Morgan fingerprint density at radius 3 is 2.88 bits per heavy atom. The smallest absolute Gasteiger partial charge is 0.317 e. The van der Waals surface area contributed by atoms with Crippen molar-refractivity contribution in [3.05, 3.63) is 34.2 Å². The first-order chi connectivity index (χ1) is 15.3. The lowest BCUT2D eigenvalue weighted by Gasteiger charge is -2.13. The van der Waals surface area contributed by atoms with Crippen molar-refractivity contribution in [3.63, 3.8) is 0 Å². The number of rotatable bonds is 7. The summed E-state index contributed by atoms with van der Waals surface area (Å²) < 4.78 is 40.1. The predicted molar refractivity (Wildman–Crippen MR) is 124 cm³/mol. The van der Waals surface area contributed by atoms with Crippen LogP contribution in [0.3, 0.4) is 0 Å². The quantitative estimate of drug-likeness (QED) is 0.422. The number of carbonyl (C=O) groups excluding carboxylic acids is 1. The molecular weight excluding hydrogens is 457 g/mol. The van der Waals surface area contributed by atoms with Crippen molar-refractivity contribution in [2.24, 2.45) is 0 Å². The average molecular weight is 483 g/mol. The lowest BCUT2D eigenvalue weighted by atomic mass is 10.0. The van der Waals surface area contributed by atoms with Crippen LogP contribution >= 0.6 is 22.7 Å². The maximum absolute atomic E-state index is 13.1. The normalized spacial score (nSPS) is 15.0. The van der Waals surface area contributed by atoms with Gasteiger partial charge in [0, 0.05) is 36.0 Å². The van der Waals surface area contributed by atoms with Gasteiger partial charge in [0.05, 0.1) is 15.8 Å². The first kappa shape index (κ1) is 23.2. The minimum absolute atomic E-state index is 0.0888. The first-order valence-corrected chi connectivity index (χ1v) is 12.3. The van der Waals surface area contributed by atoms with Crippen LogP contribution in [0.4, 0.5) is 18.2 Å². The monoisotopic (exact) mass is 482 g/mol.